The number of aromatic nitrogens is 1. The van der Waals surface area contributed by atoms with Crippen molar-refractivity contribution in [2.45, 2.75) is 44.3 Å². The van der Waals surface area contributed by atoms with Crippen molar-refractivity contribution in [1.82, 2.24) is 15.2 Å². The zero-order chi connectivity index (χ0) is 18.8. The van der Waals surface area contributed by atoms with E-state index in [0.29, 0.717) is 25.5 Å². The number of hydrogen-bond acceptors (Lipinski definition) is 3. The molecule has 0 spiro atoms. The molecule has 2 aliphatic rings. The lowest BCUT2D eigenvalue weighted by molar-refractivity contribution is -0.128. The van der Waals surface area contributed by atoms with E-state index in [1.165, 1.54) is 0 Å². The number of para-hydroxylation sites is 1. The Morgan fingerprint density at radius 2 is 2.15 bits per heavy atom. The van der Waals surface area contributed by atoms with Gasteiger partial charge in [-0.15, -0.1) is 0 Å². The molecule has 2 N–H and O–H groups in total. The first-order valence-corrected chi connectivity index (χ1v) is 9.75. The summed E-state index contributed by atoms with van der Waals surface area (Å²) in [6.07, 6.45) is 5.27. The summed E-state index contributed by atoms with van der Waals surface area (Å²) < 4.78 is 7.29. The van der Waals surface area contributed by atoms with Gasteiger partial charge < -0.3 is 19.9 Å². The van der Waals surface area contributed by atoms with E-state index in [0.717, 1.165) is 30.2 Å². The van der Waals surface area contributed by atoms with Gasteiger partial charge in [-0.2, -0.15) is 0 Å². The number of piperidine rings is 1. The molecular formula is C21H27N3O3. The standard InChI is InChI=1S/C21H27N3O3/c1-27-13-15-10-20(25)23-18-11-16(6-7-17(15)18)22-21(26)12-24-9-8-14-4-2-3-5-19(14)24/h2-5,8-9,15-18H,6-7,10-13H2,1H3,(H,22,26)(H,23,25). The van der Waals surface area contributed by atoms with Crippen molar-refractivity contribution in [2.24, 2.45) is 11.8 Å². The summed E-state index contributed by atoms with van der Waals surface area (Å²) in [5, 5.41) is 7.44. The third-order valence-corrected chi connectivity index (χ3v) is 6.04. The summed E-state index contributed by atoms with van der Waals surface area (Å²) in [5.74, 6) is 0.861. The molecule has 1 aromatic heterocycles. The smallest absolute Gasteiger partial charge is 0.240 e. The van der Waals surface area contributed by atoms with Crippen LogP contribution in [0.5, 0.6) is 0 Å². The first-order valence-electron chi connectivity index (χ1n) is 9.75. The monoisotopic (exact) mass is 369 g/mol. The minimum Gasteiger partial charge on any atom is -0.384 e. The first-order chi connectivity index (χ1) is 13.1. The van der Waals surface area contributed by atoms with Crippen molar-refractivity contribution in [3.8, 4) is 0 Å². The van der Waals surface area contributed by atoms with Crippen molar-refractivity contribution < 1.29 is 14.3 Å². The van der Waals surface area contributed by atoms with Crippen LogP contribution < -0.4 is 10.6 Å². The number of nitrogens with one attached hydrogen (secondary N) is 2. The second-order valence-electron chi connectivity index (χ2n) is 7.84. The highest BCUT2D eigenvalue weighted by Gasteiger charge is 2.40. The molecule has 144 valence electrons. The summed E-state index contributed by atoms with van der Waals surface area (Å²) in [5.41, 5.74) is 1.07. The average molecular weight is 369 g/mol. The van der Waals surface area contributed by atoms with Crippen LogP contribution in [0.2, 0.25) is 0 Å². The molecule has 2 fully saturated rings. The fraction of sp³-hybridized carbons (Fsp3) is 0.524. The van der Waals surface area contributed by atoms with Gasteiger partial charge in [-0.25, -0.2) is 0 Å². The molecule has 4 unspecified atom stereocenters. The molecule has 4 atom stereocenters. The van der Waals surface area contributed by atoms with Crippen LogP contribution in [0.3, 0.4) is 0 Å². The molecule has 6 nitrogen and oxygen atoms in total. The molecule has 1 aliphatic heterocycles. The number of benzene rings is 1. The van der Waals surface area contributed by atoms with E-state index in [2.05, 4.69) is 10.6 Å². The Kier molecular flexibility index (Phi) is 5.16. The van der Waals surface area contributed by atoms with Gasteiger partial charge in [0.2, 0.25) is 11.8 Å². The number of methoxy groups -OCH3 is 1. The third-order valence-electron chi connectivity index (χ3n) is 6.04. The van der Waals surface area contributed by atoms with E-state index in [-0.39, 0.29) is 29.8 Å². The normalized spacial score (nSPS) is 27.8. The van der Waals surface area contributed by atoms with Crippen molar-refractivity contribution >= 4 is 22.7 Å². The fourth-order valence-corrected chi connectivity index (χ4v) is 4.81. The van der Waals surface area contributed by atoms with Gasteiger partial charge in [-0.3, -0.25) is 9.59 Å². The van der Waals surface area contributed by atoms with E-state index in [1.54, 1.807) is 7.11 Å². The van der Waals surface area contributed by atoms with Crippen molar-refractivity contribution in [3.63, 3.8) is 0 Å². The van der Waals surface area contributed by atoms with Gasteiger partial charge in [0, 0.05) is 43.9 Å². The van der Waals surface area contributed by atoms with Crippen molar-refractivity contribution in [3.05, 3.63) is 36.5 Å². The van der Waals surface area contributed by atoms with Crippen LogP contribution in [-0.4, -0.2) is 42.2 Å². The Bertz CT molecular complexity index is 831. The van der Waals surface area contributed by atoms with E-state index < -0.39 is 0 Å². The molecule has 6 heteroatoms. The van der Waals surface area contributed by atoms with Gasteiger partial charge in [0.15, 0.2) is 0 Å². The van der Waals surface area contributed by atoms with E-state index in [9.17, 15) is 9.59 Å². The summed E-state index contributed by atoms with van der Waals surface area (Å²) in [7, 11) is 1.69. The number of nitrogens with zero attached hydrogens (tertiary/aromatic N) is 1. The highest BCUT2D eigenvalue weighted by molar-refractivity contribution is 5.83. The maximum atomic E-state index is 12.6. The molecule has 1 aliphatic carbocycles. The molecule has 0 bridgehead atoms. The molecule has 2 aromatic rings. The minimum absolute atomic E-state index is 0.0235. The van der Waals surface area contributed by atoms with Crippen LogP contribution in [-0.2, 0) is 20.9 Å². The van der Waals surface area contributed by atoms with Crippen LogP contribution in [0.15, 0.2) is 36.5 Å². The lowest BCUT2D eigenvalue weighted by Gasteiger charge is -2.43. The quantitative estimate of drug-likeness (QED) is 0.848. The van der Waals surface area contributed by atoms with Crippen LogP contribution in [0.4, 0.5) is 0 Å². The van der Waals surface area contributed by atoms with Gasteiger partial charge in [-0.05, 0) is 48.6 Å². The summed E-state index contributed by atoms with van der Waals surface area (Å²) in [4.78, 5) is 24.6. The van der Waals surface area contributed by atoms with Gasteiger partial charge in [0.05, 0.1) is 0 Å². The molecule has 1 saturated heterocycles. The lowest BCUT2D eigenvalue weighted by Crippen LogP contribution is -2.56. The second-order valence-corrected chi connectivity index (χ2v) is 7.84. The molecular weight excluding hydrogens is 342 g/mol. The maximum Gasteiger partial charge on any atom is 0.240 e. The van der Waals surface area contributed by atoms with Crippen LogP contribution >= 0.6 is 0 Å². The van der Waals surface area contributed by atoms with Crippen LogP contribution in [0.1, 0.15) is 25.7 Å². The van der Waals surface area contributed by atoms with E-state index in [4.69, 9.17) is 4.74 Å². The molecule has 4 rings (SSSR count). The maximum absolute atomic E-state index is 12.6. The first kappa shape index (κ1) is 18.0. The van der Waals surface area contributed by atoms with E-state index in [1.807, 2.05) is 41.1 Å². The number of carbonyl (C=O) groups excluding carboxylic acids is 2. The number of rotatable bonds is 5. The Labute approximate surface area is 159 Å². The predicted molar refractivity (Wildman–Crippen MR) is 103 cm³/mol. The zero-order valence-electron chi connectivity index (χ0n) is 15.7. The molecule has 0 radical (unpaired) electrons. The Hall–Kier alpha value is -2.34. The Balaban J connectivity index is 1.36. The second kappa shape index (κ2) is 7.72. The summed E-state index contributed by atoms with van der Waals surface area (Å²) in [6, 6.07) is 10.3. The predicted octanol–water partition coefficient (Wildman–Crippen LogP) is 2.08. The average Bonchev–Trinajstić information content (AvgIpc) is 3.04. The van der Waals surface area contributed by atoms with E-state index >= 15 is 0 Å². The Morgan fingerprint density at radius 3 is 3.00 bits per heavy atom. The Morgan fingerprint density at radius 1 is 1.30 bits per heavy atom. The highest BCUT2D eigenvalue weighted by Crippen LogP contribution is 2.35. The number of carbonyl (C=O) groups is 2. The fourth-order valence-electron chi connectivity index (χ4n) is 4.81. The number of hydrogen-bond donors (Lipinski definition) is 2. The largest absolute Gasteiger partial charge is 0.384 e. The summed E-state index contributed by atoms with van der Waals surface area (Å²) >= 11 is 0. The lowest BCUT2D eigenvalue weighted by atomic mass is 9.71. The third kappa shape index (κ3) is 3.86. The highest BCUT2D eigenvalue weighted by atomic mass is 16.5. The molecule has 2 amide bonds. The molecule has 1 aromatic carbocycles. The van der Waals surface area contributed by atoms with Gasteiger partial charge in [0.25, 0.3) is 0 Å². The summed E-state index contributed by atoms with van der Waals surface area (Å²) in [6.45, 7) is 0.948. The SMILES string of the molecule is COCC1CC(=O)NC2CC(NC(=O)Cn3ccc4ccccc43)CCC12. The van der Waals surface area contributed by atoms with Gasteiger partial charge in [0.1, 0.15) is 6.54 Å². The molecule has 27 heavy (non-hydrogen) atoms. The van der Waals surface area contributed by atoms with Gasteiger partial charge >= 0.3 is 0 Å². The number of amides is 2. The minimum atomic E-state index is 0.0235. The topological polar surface area (TPSA) is 72.4 Å². The van der Waals surface area contributed by atoms with Crippen molar-refractivity contribution in [1.29, 1.82) is 0 Å². The van der Waals surface area contributed by atoms with Gasteiger partial charge in [-0.1, -0.05) is 18.2 Å². The van der Waals surface area contributed by atoms with Crippen molar-refractivity contribution in [2.75, 3.05) is 13.7 Å². The number of fused-ring (bicyclic) bond motifs is 2. The molecule has 2 heterocycles. The van der Waals surface area contributed by atoms with Crippen LogP contribution in [0.25, 0.3) is 10.9 Å². The van der Waals surface area contributed by atoms with Crippen LogP contribution in [0, 0.1) is 11.8 Å². The number of ether oxygens (including phenoxy) is 1. The molecule has 1 saturated carbocycles. The zero-order valence-corrected chi connectivity index (χ0v) is 15.7.